The summed E-state index contributed by atoms with van der Waals surface area (Å²) in [6.45, 7) is 5.99. The third-order valence-corrected chi connectivity index (χ3v) is 6.03. The average molecular weight is 252 g/mol. The third-order valence-electron chi connectivity index (χ3n) is 1.89. The average Bonchev–Trinajstić information content (AvgIpc) is 2.23. The van der Waals surface area contributed by atoms with Gasteiger partial charge in [0.15, 0.2) is 0 Å². The van der Waals surface area contributed by atoms with E-state index in [1.54, 1.807) is 11.8 Å². The zero-order valence-corrected chi connectivity index (χ0v) is 11.9. The molecule has 0 aromatic heterocycles. The molecule has 15 heavy (non-hydrogen) atoms. The number of thioether (sulfide) groups is 1. The van der Waals surface area contributed by atoms with Crippen molar-refractivity contribution in [3.8, 4) is 0 Å². The van der Waals surface area contributed by atoms with Crippen molar-refractivity contribution in [1.29, 1.82) is 0 Å². The highest BCUT2D eigenvalue weighted by Crippen LogP contribution is 2.60. The van der Waals surface area contributed by atoms with Crippen LogP contribution in [0.15, 0.2) is 10.2 Å². The van der Waals surface area contributed by atoms with Crippen LogP contribution in [-0.4, -0.2) is 20.0 Å². The molecule has 90 valence electrons. The van der Waals surface area contributed by atoms with E-state index in [9.17, 15) is 4.57 Å². The SMILES string of the molecule is CCCCSC(=C(C)C)P(=O)(OC)OC. The fourth-order valence-electron chi connectivity index (χ4n) is 1.05. The first kappa shape index (κ1) is 15.2. The first-order chi connectivity index (χ1) is 7.01. The molecule has 5 heteroatoms. The Hall–Kier alpha value is 0.240. The highest BCUT2D eigenvalue weighted by molar-refractivity contribution is 8.10. The molecule has 0 spiro atoms. The number of rotatable bonds is 7. The van der Waals surface area contributed by atoms with Crippen molar-refractivity contribution < 1.29 is 13.6 Å². The third kappa shape index (κ3) is 4.73. The maximum absolute atomic E-state index is 12.2. The van der Waals surface area contributed by atoms with Crippen LogP contribution < -0.4 is 0 Å². The Labute approximate surface area is 97.1 Å². The fraction of sp³-hybridized carbons (Fsp3) is 0.800. The molecule has 0 heterocycles. The van der Waals surface area contributed by atoms with Crippen molar-refractivity contribution in [3.63, 3.8) is 0 Å². The van der Waals surface area contributed by atoms with Gasteiger partial charge < -0.3 is 9.05 Å². The Morgan fingerprint density at radius 1 is 1.27 bits per heavy atom. The highest BCUT2D eigenvalue weighted by Gasteiger charge is 2.28. The predicted octanol–water partition coefficient (Wildman–Crippen LogP) is 4.26. The van der Waals surface area contributed by atoms with Gasteiger partial charge in [0.2, 0.25) is 0 Å². The van der Waals surface area contributed by atoms with Gasteiger partial charge in [-0.05, 0) is 26.0 Å². The van der Waals surface area contributed by atoms with E-state index >= 15 is 0 Å². The molecule has 0 saturated carbocycles. The van der Waals surface area contributed by atoms with Gasteiger partial charge in [0.25, 0.3) is 0 Å². The van der Waals surface area contributed by atoms with Gasteiger partial charge in [0, 0.05) is 14.2 Å². The molecule has 0 aliphatic carbocycles. The summed E-state index contributed by atoms with van der Waals surface area (Å²) in [5.41, 5.74) is 1.00. The molecule has 0 aromatic carbocycles. The summed E-state index contributed by atoms with van der Waals surface area (Å²) in [6, 6.07) is 0. The van der Waals surface area contributed by atoms with Crippen LogP contribution in [0.3, 0.4) is 0 Å². The summed E-state index contributed by atoms with van der Waals surface area (Å²) in [5, 5.41) is 0. The second kappa shape index (κ2) is 7.50. The second-order valence-corrected chi connectivity index (χ2v) is 6.95. The predicted molar refractivity (Wildman–Crippen MR) is 67.4 cm³/mol. The van der Waals surface area contributed by atoms with E-state index in [4.69, 9.17) is 9.05 Å². The van der Waals surface area contributed by atoms with Crippen LogP contribution in [-0.2, 0) is 13.6 Å². The number of hydrogen-bond donors (Lipinski definition) is 0. The van der Waals surface area contributed by atoms with E-state index in [1.165, 1.54) is 14.2 Å². The van der Waals surface area contributed by atoms with Gasteiger partial charge in [-0.3, -0.25) is 4.57 Å². The lowest BCUT2D eigenvalue weighted by molar-refractivity contribution is 0.285. The zero-order chi connectivity index (χ0) is 11.9. The summed E-state index contributed by atoms with van der Waals surface area (Å²) in [6.07, 6.45) is 2.24. The van der Waals surface area contributed by atoms with Gasteiger partial charge in [-0.2, -0.15) is 0 Å². The topological polar surface area (TPSA) is 35.5 Å². The molecular formula is C10H21O3PS. The van der Waals surface area contributed by atoms with Gasteiger partial charge in [-0.1, -0.05) is 18.9 Å². The largest absolute Gasteiger partial charge is 0.367 e. The van der Waals surface area contributed by atoms with E-state index in [0.717, 1.165) is 28.8 Å². The smallest absolute Gasteiger partial charge is 0.308 e. The van der Waals surface area contributed by atoms with Crippen molar-refractivity contribution in [2.75, 3.05) is 20.0 Å². The Morgan fingerprint density at radius 2 is 1.80 bits per heavy atom. The van der Waals surface area contributed by atoms with Crippen LogP contribution in [0.4, 0.5) is 0 Å². The number of unbranched alkanes of at least 4 members (excludes halogenated alkanes) is 1. The lowest BCUT2D eigenvalue weighted by Gasteiger charge is -2.18. The minimum Gasteiger partial charge on any atom is -0.308 e. The minimum atomic E-state index is -3.05. The maximum Gasteiger partial charge on any atom is 0.367 e. The molecule has 0 saturated heterocycles. The van der Waals surface area contributed by atoms with Crippen molar-refractivity contribution >= 4 is 19.4 Å². The minimum absolute atomic E-state index is 0.751. The van der Waals surface area contributed by atoms with Gasteiger partial charge in [0.05, 0.1) is 4.65 Å². The molecule has 0 aromatic rings. The summed E-state index contributed by atoms with van der Waals surface area (Å²) in [4.78, 5) is 0. The van der Waals surface area contributed by atoms with Gasteiger partial charge in [-0.25, -0.2) is 0 Å². The first-order valence-corrected chi connectivity index (χ1v) is 7.57. The van der Waals surface area contributed by atoms with Crippen molar-refractivity contribution in [1.82, 2.24) is 0 Å². The molecule has 0 amide bonds. The standard InChI is InChI=1S/C10H21O3PS/c1-6-7-8-15-10(9(2)3)14(11,12-4)13-5/h6-8H2,1-5H3. The summed E-state index contributed by atoms with van der Waals surface area (Å²) in [5.74, 6) is 0.952. The zero-order valence-electron chi connectivity index (χ0n) is 10.2. The fourth-order valence-corrected chi connectivity index (χ4v) is 4.35. The lowest BCUT2D eigenvalue weighted by atomic mass is 10.4. The Balaban J connectivity index is 4.69. The van der Waals surface area contributed by atoms with E-state index in [0.29, 0.717) is 0 Å². The monoisotopic (exact) mass is 252 g/mol. The first-order valence-electron chi connectivity index (χ1n) is 5.04. The molecule has 0 fully saturated rings. The van der Waals surface area contributed by atoms with E-state index < -0.39 is 7.60 Å². The van der Waals surface area contributed by atoms with Crippen molar-refractivity contribution in [2.45, 2.75) is 33.6 Å². The molecule has 0 radical (unpaired) electrons. The van der Waals surface area contributed by atoms with Crippen LogP contribution in [0.2, 0.25) is 0 Å². The molecule has 3 nitrogen and oxygen atoms in total. The maximum atomic E-state index is 12.2. The van der Waals surface area contributed by atoms with Gasteiger partial charge >= 0.3 is 7.60 Å². The number of hydrogen-bond acceptors (Lipinski definition) is 4. The van der Waals surface area contributed by atoms with Gasteiger partial charge in [-0.15, -0.1) is 11.8 Å². The Morgan fingerprint density at radius 3 is 2.13 bits per heavy atom. The summed E-state index contributed by atoms with van der Waals surface area (Å²) < 4.78 is 22.9. The van der Waals surface area contributed by atoms with Crippen LogP contribution in [0.5, 0.6) is 0 Å². The normalized spacial score (nSPS) is 11.5. The molecule has 0 bridgehead atoms. The molecule has 0 aliphatic heterocycles. The number of allylic oxidation sites excluding steroid dienone is 1. The van der Waals surface area contributed by atoms with Crippen LogP contribution >= 0.6 is 19.4 Å². The lowest BCUT2D eigenvalue weighted by Crippen LogP contribution is -1.93. The van der Waals surface area contributed by atoms with E-state index in [2.05, 4.69) is 6.92 Å². The molecule has 0 N–H and O–H groups in total. The second-order valence-electron chi connectivity index (χ2n) is 3.37. The van der Waals surface area contributed by atoms with Crippen LogP contribution in [0.1, 0.15) is 33.6 Å². The van der Waals surface area contributed by atoms with Gasteiger partial charge in [0.1, 0.15) is 0 Å². The Kier molecular flexibility index (Phi) is 7.62. The molecule has 0 unspecified atom stereocenters. The molecule has 0 rings (SSSR count). The van der Waals surface area contributed by atoms with Crippen molar-refractivity contribution in [2.24, 2.45) is 0 Å². The summed E-state index contributed by atoms with van der Waals surface area (Å²) >= 11 is 1.58. The molecule has 0 aliphatic rings. The van der Waals surface area contributed by atoms with Crippen LogP contribution in [0.25, 0.3) is 0 Å². The molecule has 0 atom stereocenters. The quantitative estimate of drug-likeness (QED) is 0.501. The van der Waals surface area contributed by atoms with Crippen LogP contribution in [0, 0.1) is 0 Å². The Bertz CT molecular complexity index is 251. The highest BCUT2D eigenvalue weighted by atomic mass is 32.2. The van der Waals surface area contributed by atoms with Crippen molar-refractivity contribution in [3.05, 3.63) is 10.2 Å². The summed E-state index contributed by atoms with van der Waals surface area (Å²) in [7, 11) is -0.197. The van der Waals surface area contributed by atoms with E-state index in [1.807, 2.05) is 13.8 Å². The van der Waals surface area contributed by atoms with E-state index in [-0.39, 0.29) is 0 Å². The molecular weight excluding hydrogens is 231 g/mol.